The van der Waals surface area contributed by atoms with E-state index in [0.717, 1.165) is 42.2 Å². The Bertz CT molecular complexity index is 887. The number of hydrogen-bond donors (Lipinski definition) is 0. The first-order valence-corrected chi connectivity index (χ1v) is 7.73. The molecule has 3 aromatic rings. The van der Waals surface area contributed by atoms with Gasteiger partial charge in [-0.2, -0.15) is 0 Å². The van der Waals surface area contributed by atoms with Crippen LogP contribution in [0.25, 0.3) is 11.3 Å². The molecule has 7 heteroatoms. The molecule has 0 atom stereocenters. The second-order valence-corrected chi connectivity index (χ2v) is 5.98. The van der Waals surface area contributed by atoms with Gasteiger partial charge in [0.25, 0.3) is 0 Å². The van der Waals surface area contributed by atoms with Gasteiger partial charge in [0.2, 0.25) is 0 Å². The first-order valence-electron chi connectivity index (χ1n) is 7.73. The average molecular weight is 330 g/mol. The highest BCUT2D eigenvalue weighted by Gasteiger charge is 2.26. The van der Waals surface area contributed by atoms with Crippen LogP contribution in [0.2, 0.25) is 0 Å². The smallest absolute Gasteiger partial charge is 0.159 e. The van der Waals surface area contributed by atoms with Gasteiger partial charge in [-0.15, -0.1) is 0 Å². The lowest BCUT2D eigenvalue weighted by Gasteiger charge is -2.25. The topological polar surface area (TPSA) is 47.1 Å². The molecule has 2 aromatic heterocycles. The largest absolute Gasteiger partial charge is 0.360 e. The van der Waals surface area contributed by atoms with E-state index in [1.807, 2.05) is 17.8 Å². The normalized spacial score (nSPS) is 14.8. The van der Waals surface area contributed by atoms with Crippen molar-refractivity contribution in [2.24, 2.45) is 7.05 Å². The van der Waals surface area contributed by atoms with Crippen molar-refractivity contribution in [3.8, 4) is 11.3 Å². The predicted octanol–water partition coefficient (Wildman–Crippen LogP) is 2.91. The summed E-state index contributed by atoms with van der Waals surface area (Å²) in [5, 5.41) is 4.08. The molecule has 0 saturated carbocycles. The van der Waals surface area contributed by atoms with Crippen LogP contribution in [0.15, 0.2) is 35.1 Å². The Kier molecular flexibility index (Phi) is 3.65. The van der Waals surface area contributed by atoms with Gasteiger partial charge >= 0.3 is 0 Å². The molecule has 1 aromatic carbocycles. The third-order valence-electron chi connectivity index (χ3n) is 4.39. The summed E-state index contributed by atoms with van der Waals surface area (Å²) in [5.41, 5.74) is 2.03. The Balaban J connectivity index is 1.62. The van der Waals surface area contributed by atoms with Crippen molar-refractivity contribution in [1.82, 2.24) is 19.6 Å². The van der Waals surface area contributed by atoms with E-state index in [2.05, 4.69) is 15.0 Å². The molecule has 5 nitrogen and oxygen atoms in total. The van der Waals surface area contributed by atoms with Gasteiger partial charge < -0.3 is 9.09 Å². The zero-order valence-corrected chi connectivity index (χ0v) is 13.2. The SMILES string of the molecule is Cn1ccnc1CN1CCc2onc(-c3ccc(F)c(F)c3)c2C1. The lowest BCUT2D eigenvalue weighted by molar-refractivity contribution is 0.222. The highest BCUT2D eigenvalue weighted by molar-refractivity contribution is 5.63. The van der Waals surface area contributed by atoms with Crippen molar-refractivity contribution >= 4 is 0 Å². The van der Waals surface area contributed by atoms with Gasteiger partial charge in [0, 0.05) is 50.1 Å². The number of imidazole rings is 1. The lowest BCUT2D eigenvalue weighted by Crippen LogP contribution is -2.30. The molecule has 0 amide bonds. The van der Waals surface area contributed by atoms with Crippen LogP contribution < -0.4 is 0 Å². The number of fused-ring (bicyclic) bond motifs is 1. The zero-order valence-electron chi connectivity index (χ0n) is 13.2. The number of halogens is 2. The van der Waals surface area contributed by atoms with Gasteiger partial charge in [-0.25, -0.2) is 13.8 Å². The van der Waals surface area contributed by atoms with Crippen molar-refractivity contribution in [1.29, 1.82) is 0 Å². The fraction of sp³-hybridized carbons (Fsp3) is 0.294. The molecule has 0 spiro atoms. The molecule has 3 heterocycles. The fourth-order valence-corrected chi connectivity index (χ4v) is 3.02. The van der Waals surface area contributed by atoms with Gasteiger partial charge in [-0.1, -0.05) is 5.16 Å². The summed E-state index contributed by atoms with van der Waals surface area (Å²) in [5.74, 6) is 0.0348. The van der Waals surface area contributed by atoms with E-state index >= 15 is 0 Å². The maximum Gasteiger partial charge on any atom is 0.159 e. The van der Waals surface area contributed by atoms with Gasteiger partial charge in [-0.05, 0) is 18.2 Å². The lowest BCUT2D eigenvalue weighted by atomic mass is 10.0. The standard InChI is InChI=1S/C17H16F2N4O/c1-22-7-5-20-16(22)10-23-6-4-15-12(9-23)17(21-24-15)11-2-3-13(18)14(19)8-11/h2-3,5,7-8H,4,6,9-10H2,1H3. The van der Waals surface area contributed by atoms with Crippen LogP contribution in [0.1, 0.15) is 17.1 Å². The molecule has 0 fully saturated rings. The van der Waals surface area contributed by atoms with Crippen molar-refractivity contribution in [2.75, 3.05) is 6.54 Å². The molecule has 4 rings (SSSR count). The quantitative estimate of drug-likeness (QED) is 0.741. The Morgan fingerprint density at radius 1 is 1.25 bits per heavy atom. The second-order valence-electron chi connectivity index (χ2n) is 5.98. The molecule has 24 heavy (non-hydrogen) atoms. The first kappa shape index (κ1) is 15.0. The van der Waals surface area contributed by atoms with E-state index in [9.17, 15) is 8.78 Å². The molecule has 0 unspecified atom stereocenters. The van der Waals surface area contributed by atoms with Crippen LogP contribution >= 0.6 is 0 Å². The molecule has 0 saturated heterocycles. The molecule has 0 aliphatic carbocycles. The summed E-state index contributed by atoms with van der Waals surface area (Å²) in [6, 6.07) is 3.79. The monoisotopic (exact) mass is 330 g/mol. The first-order chi connectivity index (χ1) is 11.6. The summed E-state index contributed by atoms with van der Waals surface area (Å²) in [6.07, 6.45) is 4.42. The summed E-state index contributed by atoms with van der Waals surface area (Å²) in [6.45, 7) is 2.19. The number of rotatable bonds is 3. The summed E-state index contributed by atoms with van der Waals surface area (Å²) >= 11 is 0. The number of hydrogen-bond acceptors (Lipinski definition) is 4. The van der Waals surface area contributed by atoms with Crippen LogP contribution in [0.3, 0.4) is 0 Å². The minimum atomic E-state index is -0.884. The summed E-state index contributed by atoms with van der Waals surface area (Å²) in [4.78, 5) is 6.59. The molecular formula is C17H16F2N4O. The molecule has 1 aliphatic heterocycles. The van der Waals surface area contributed by atoms with Crippen molar-refractivity contribution in [2.45, 2.75) is 19.5 Å². The predicted molar refractivity (Wildman–Crippen MR) is 82.9 cm³/mol. The number of benzene rings is 1. The second kappa shape index (κ2) is 5.83. The van der Waals surface area contributed by atoms with E-state index in [0.29, 0.717) is 24.3 Å². The van der Waals surface area contributed by atoms with Crippen LogP contribution in [0, 0.1) is 11.6 Å². The van der Waals surface area contributed by atoms with Crippen LogP contribution in [-0.4, -0.2) is 26.2 Å². The minimum Gasteiger partial charge on any atom is -0.360 e. The fourth-order valence-electron chi connectivity index (χ4n) is 3.02. The molecule has 1 aliphatic rings. The van der Waals surface area contributed by atoms with Crippen molar-refractivity contribution in [3.05, 3.63) is 59.4 Å². The molecular weight excluding hydrogens is 314 g/mol. The van der Waals surface area contributed by atoms with Crippen molar-refractivity contribution < 1.29 is 13.3 Å². The zero-order chi connectivity index (χ0) is 16.7. The average Bonchev–Trinajstić information content (AvgIpc) is 3.17. The van der Waals surface area contributed by atoms with E-state index < -0.39 is 11.6 Å². The third-order valence-corrected chi connectivity index (χ3v) is 4.39. The Morgan fingerprint density at radius 3 is 2.88 bits per heavy atom. The van der Waals surface area contributed by atoms with Gasteiger partial charge in [0.1, 0.15) is 17.3 Å². The number of aromatic nitrogens is 3. The maximum absolute atomic E-state index is 13.5. The Labute approximate surface area is 137 Å². The van der Waals surface area contributed by atoms with E-state index in [1.165, 1.54) is 6.07 Å². The molecule has 124 valence electrons. The van der Waals surface area contributed by atoms with Crippen LogP contribution in [0.5, 0.6) is 0 Å². The highest BCUT2D eigenvalue weighted by Crippen LogP contribution is 2.31. The van der Waals surface area contributed by atoms with Gasteiger partial charge in [0.05, 0.1) is 6.54 Å². The van der Waals surface area contributed by atoms with E-state index in [-0.39, 0.29) is 0 Å². The highest BCUT2D eigenvalue weighted by atomic mass is 19.2. The minimum absolute atomic E-state index is 0.526. The summed E-state index contributed by atoms with van der Waals surface area (Å²) < 4.78 is 34.1. The maximum atomic E-state index is 13.5. The van der Waals surface area contributed by atoms with E-state index in [4.69, 9.17) is 4.52 Å². The van der Waals surface area contributed by atoms with Crippen molar-refractivity contribution in [3.63, 3.8) is 0 Å². The number of aryl methyl sites for hydroxylation is 1. The third kappa shape index (κ3) is 2.60. The van der Waals surface area contributed by atoms with E-state index in [1.54, 1.807) is 6.20 Å². The molecule has 0 N–H and O–H groups in total. The Hall–Kier alpha value is -2.54. The van der Waals surface area contributed by atoms with Gasteiger partial charge in [0.15, 0.2) is 11.6 Å². The summed E-state index contributed by atoms with van der Waals surface area (Å²) in [7, 11) is 1.96. The van der Waals surface area contributed by atoms with Crippen LogP contribution in [-0.2, 0) is 26.6 Å². The van der Waals surface area contributed by atoms with Gasteiger partial charge in [-0.3, -0.25) is 4.90 Å². The Morgan fingerprint density at radius 2 is 2.12 bits per heavy atom. The molecule has 0 radical (unpaired) electrons. The molecule has 0 bridgehead atoms. The number of nitrogens with zero attached hydrogens (tertiary/aromatic N) is 4. The van der Waals surface area contributed by atoms with Crippen LogP contribution in [0.4, 0.5) is 8.78 Å².